The number of carbonyl (C=O) groups is 2. The summed E-state index contributed by atoms with van der Waals surface area (Å²) in [5.74, 6) is -2.04. The van der Waals surface area contributed by atoms with Crippen LogP contribution in [0.1, 0.15) is 123 Å². The normalized spacial score (nSPS) is 13.4. The number of hydrogen-bond acceptors (Lipinski definition) is 2. The zero-order valence-electron chi connectivity index (χ0n) is 17.9. The van der Waals surface area contributed by atoms with Gasteiger partial charge < -0.3 is 10.2 Å². The van der Waals surface area contributed by atoms with Crippen LogP contribution < -0.4 is 0 Å². The van der Waals surface area contributed by atoms with Crippen molar-refractivity contribution in [1.82, 2.24) is 0 Å². The lowest BCUT2D eigenvalue weighted by Gasteiger charge is -2.15. The van der Waals surface area contributed by atoms with Crippen LogP contribution in [0.5, 0.6) is 0 Å². The highest BCUT2D eigenvalue weighted by Crippen LogP contribution is 2.23. The van der Waals surface area contributed by atoms with Gasteiger partial charge in [-0.1, -0.05) is 97.3 Å². The molecule has 0 radical (unpaired) electrons. The van der Waals surface area contributed by atoms with Crippen molar-refractivity contribution in [3.8, 4) is 0 Å². The second-order valence-corrected chi connectivity index (χ2v) is 8.11. The molecule has 0 aliphatic heterocycles. The molecule has 0 aliphatic rings. The van der Waals surface area contributed by atoms with Crippen LogP contribution in [-0.4, -0.2) is 22.2 Å². The van der Waals surface area contributed by atoms with Crippen LogP contribution in [0.2, 0.25) is 0 Å². The third-order valence-corrected chi connectivity index (χ3v) is 5.62. The molecule has 0 amide bonds. The van der Waals surface area contributed by atoms with Crippen LogP contribution in [0.3, 0.4) is 0 Å². The Morgan fingerprint density at radius 3 is 1.15 bits per heavy atom. The minimum atomic E-state index is -0.716. The van der Waals surface area contributed by atoms with Gasteiger partial charge in [-0.15, -0.1) is 0 Å². The molecule has 0 saturated carbocycles. The lowest BCUT2D eigenvalue weighted by Crippen LogP contribution is -2.17. The Labute approximate surface area is 167 Å². The summed E-state index contributed by atoms with van der Waals surface area (Å²) < 4.78 is 0. The summed E-state index contributed by atoms with van der Waals surface area (Å²) in [5.41, 5.74) is 0. The van der Waals surface area contributed by atoms with Gasteiger partial charge in [-0.25, -0.2) is 0 Å². The molecule has 0 bridgehead atoms. The molecular formula is C23H44O4. The molecule has 0 heterocycles. The Bertz CT molecular complexity index is 333. The van der Waals surface area contributed by atoms with E-state index in [1.54, 1.807) is 0 Å². The fourth-order valence-electron chi connectivity index (χ4n) is 3.74. The lowest BCUT2D eigenvalue weighted by molar-refractivity contribution is -0.142. The number of aliphatic carboxylic acids is 2. The van der Waals surface area contributed by atoms with E-state index in [0.717, 1.165) is 38.5 Å². The van der Waals surface area contributed by atoms with Crippen molar-refractivity contribution in [2.24, 2.45) is 11.8 Å². The van der Waals surface area contributed by atoms with E-state index in [4.69, 9.17) is 0 Å². The average molecular weight is 385 g/mol. The molecule has 0 spiro atoms. The van der Waals surface area contributed by atoms with E-state index in [2.05, 4.69) is 13.8 Å². The highest BCUT2D eigenvalue weighted by Gasteiger charge is 2.20. The first-order valence-electron chi connectivity index (χ1n) is 11.5. The van der Waals surface area contributed by atoms with Crippen molar-refractivity contribution < 1.29 is 19.8 Å². The summed E-state index contributed by atoms with van der Waals surface area (Å²) in [4.78, 5) is 22.9. The van der Waals surface area contributed by atoms with Gasteiger partial charge in [-0.2, -0.15) is 0 Å². The van der Waals surface area contributed by atoms with Crippen molar-refractivity contribution in [3.63, 3.8) is 0 Å². The number of carboxylic acid groups (broad SMARTS) is 2. The van der Waals surface area contributed by atoms with Gasteiger partial charge in [0, 0.05) is 0 Å². The third kappa shape index (κ3) is 15.7. The first-order valence-corrected chi connectivity index (χ1v) is 11.5. The van der Waals surface area contributed by atoms with Gasteiger partial charge in [0.25, 0.3) is 0 Å². The molecule has 0 aliphatic carbocycles. The van der Waals surface area contributed by atoms with Crippen LogP contribution in [0.4, 0.5) is 0 Å². The average Bonchev–Trinajstić information content (AvgIpc) is 2.63. The second kappa shape index (κ2) is 18.3. The molecule has 2 N–H and O–H groups in total. The van der Waals surface area contributed by atoms with Crippen molar-refractivity contribution >= 4 is 11.9 Å². The first-order chi connectivity index (χ1) is 13.0. The predicted octanol–water partition coefficient (Wildman–Crippen LogP) is 7.06. The summed E-state index contributed by atoms with van der Waals surface area (Å²) >= 11 is 0. The van der Waals surface area contributed by atoms with Crippen LogP contribution in [0.25, 0.3) is 0 Å². The lowest BCUT2D eigenvalue weighted by atomic mass is 9.90. The zero-order valence-corrected chi connectivity index (χ0v) is 17.9. The number of carboxylic acids is 2. The van der Waals surface area contributed by atoms with E-state index in [0.29, 0.717) is 19.3 Å². The summed E-state index contributed by atoms with van der Waals surface area (Å²) in [6.45, 7) is 4.38. The molecule has 2 atom stereocenters. The number of unbranched alkanes of at least 4 members (excludes halogenated alkanes) is 10. The van der Waals surface area contributed by atoms with Gasteiger partial charge in [0.05, 0.1) is 11.8 Å². The zero-order chi connectivity index (χ0) is 20.3. The van der Waals surface area contributed by atoms with E-state index in [1.165, 1.54) is 51.4 Å². The largest absolute Gasteiger partial charge is 0.481 e. The molecule has 2 unspecified atom stereocenters. The molecule has 0 aromatic carbocycles. The van der Waals surface area contributed by atoms with Gasteiger partial charge in [-0.3, -0.25) is 9.59 Å². The Morgan fingerprint density at radius 2 is 0.815 bits per heavy atom. The maximum atomic E-state index is 11.5. The standard InChI is InChI=1S/C23H44O4/c1-3-5-7-9-11-13-16-20(22(24)25)18-15-19-21(23(26)27)17-14-12-10-8-6-4-2/h20-21H,3-19H2,1-2H3,(H,24,25)(H,26,27). The fraction of sp³-hybridized carbons (Fsp3) is 0.913. The van der Waals surface area contributed by atoms with Crippen molar-refractivity contribution in [3.05, 3.63) is 0 Å². The van der Waals surface area contributed by atoms with Gasteiger partial charge >= 0.3 is 11.9 Å². The maximum Gasteiger partial charge on any atom is 0.306 e. The highest BCUT2D eigenvalue weighted by atomic mass is 16.4. The van der Waals surface area contributed by atoms with E-state index in [1.807, 2.05) is 0 Å². The smallest absolute Gasteiger partial charge is 0.306 e. The van der Waals surface area contributed by atoms with E-state index in [9.17, 15) is 19.8 Å². The molecule has 0 fully saturated rings. The topological polar surface area (TPSA) is 74.6 Å². The third-order valence-electron chi connectivity index (χ3n) is 5.62. The van der Waals surface area contributed by atoms with Crippen LogP contribution in [0, 0.1) is 11.8 Å². The Kier molecular flexibility index (Phi) is 17.6. The molecule has 27 heavy (non-hydrogen) atoms. The first kappa shape index (κ1) is 25.9. The van der Waals surface area contributed by atoms with Gasteiger partial charge in [-0.05, 0) is 25.7 Å². The van der Waals surface area contributed by atoms with Crippen LogP contribution >= 0.6 is 0 Å². The summed E-state index contributed by atoms with van der Waals surface area (Å²) in [5, 5.41) is 18.8. The van der Waals surface area contributed by atoms with Crippen LogP contribution in [-0.2, 0) is 9.59 Å². The fourth-order valence-corrected chi connectivity index (χ4v) is 3.74. The quantitative estimate of drug-likeness (QED) is 0.220. The molecule has 0 aromatic rings. The maximum absolute atomic E-state index is 11.5. The van der Waals surface area contributed by atoms with Crippen LogP contribution in [0.15, 0.2) is 0 Å². The minimum Gasteiger partial charge on any atom is -0.481 e. The van der Waals surface area contributed by atoms with E-state index >= 15 is 0 Å². The summed E-state index contributed by atoms with van der Waals surface area (Å²) in [6.07, 6.45) is 17.4. The highest BCUT2D eigenvalue weighted by molar-refractivity contribution is 5.70. The molecule has 0 aromatic heterocycles. The Hall–Kier alpha value is -1.06. The predicted molar refractivity (Wildman–Crippen MR) is 112 cm³/mol. The second-order valence-electron chi connectivity index (χ2n) is 8.11. The Balaban J connectivity index is 3.99. The van der Waals surface area contributed by atoms with Gasteiger partial charge in [0.1, 0.15) is 0 Å². The molecule has 0 rings (SSSR count). The minimum absolute atomic E-state index is 0.306. The van der Waals surface area contributed by atoms with Crippen molar-refractivity contribution in [2.45, 2.75) is 123 Å². The monoisotopic (exact) mass is 384 g/mol. The number of hydrogen-bond donors (Lipinski definition) is 2. The summed E-state index contributed by atoms with van der Waals surface area (Å²) in [7, 11) is 0. The van der Waals surface area contributed by atoms with E-state index < -0.39 is 11.9 Å². The van der Waals surface area contributed by atoms with Gasteiger partial charge in [0.2, 0.25) is 0 Å². The summed E-state index contributed by atoms with van der Waals surface area (Å²) in [6, 6.07) is 0. The van der Waals surface area contributed by atoms with Crippen molar-refractivity contribution in [1.29, 1.82) is 0 Å². The van der Waals surface area contributed by atoms with Crippen molar-refractivity contribution in [2.75, 3.05) is 0 Å². The molecule has 4 nitrogen and oxygen atoms in total. The van der Waals surface area contributed by atoms with E-state index in [-0.39, 0.29) is 11.8 Å². The molecule has 160 valence electrons. The SMILES string of the molecule is CCCCCCCCC(CCCC(CCCCCCCC)C(=O)O)C(=O)O. The van der Waals surface area contributed by atoms with Gasteiger partial charge in [0.15, 0.2) is 0 Å². The molecular weight excluding hydrogens is 340 g/mol. The molecule has 0 saturated heterocycles. The Morgan fingerprint density at radius 1 is 0.519 bits per heavy atom. The number of rotatable bonds is 20. The molecule has 4 heteroatoms.